The minimum atomic E-state index is -4.41. The van der Waals surface area contributed by atoms with Crippen LogP contribution in [0.2, 0.25) is 0 Å². The standard InChI is InChI=1S/C22H18ClF3O2/c23-14-13-21(16-5-2-1-3-6-16)28-19-11-9-18(10-12-19)27-20-8-4-7-17(15-20)22(24,25)26/h1-12,15,21H,13-14H2. The summed E-state index contributed by atoms with van der Waals surface area (Å²) >= 11 is 5.89. The van der Waals surface area contributed by atoms with Gasteiger partial charge < -0.3 is 9.47 Å². The number of ether oxygens (including phenoxy) is 2. The van der Waals surface area contributed by atoms with E-state index < -0.39 is 11.7 Å². The van der Waals surface area contributed by atoms with Crippen molar-refractivity contribution in [2.24, 2.45) is 0 Å². The van der Waals surface area contributed by atoms with Crippen molar-refractivity contribution in [3.05, 3.63) is 90.0 Å². The first-order valence-electron chi connectivity index (χ1n) is 8.68. The van der Waals surface area contributed by atoms with E-state index in [2.05, 4.69) is 0 Å². The van der Waals surface area contributed by atoms with Crippen molar-refractivity contribution in [1.82, 2.24) is 0 Å². The molecule has 0 heterocycles. The highest BCUT2D eigenvalue weighted by Gasteiger charge is 2.30. The maximum absolute atomic E-state index is 12.8. The van der Waals surface area contributed by atoms with E-state index in [1.807, 2.05) is 30.3 Å². The second kappa shape index (κ2) is 9.02. The van der Waals surface area contributed by atoms with Crippen LogP contribution in [0.4, 0.5) is 13.2 Å². The molecule has 3 aromatic rings. The lowest BCUT2D eigenvalue weighted by atomic mass is 10.1. The summed E-state index contributed by atoms with van der Waals surface area (Å²) in [6, 6.07) is 21.2. The van der Waals surface area contributed by atoms with Crippen LogP contribution < -0.4 is 9.47 Å². The first-order valence-corrected chi connectivity index (χ1v) is 9.22. The first kappa shape index (κ1) is 20.1. The van der Waals surface area contributed by atoms with E-state index in [0.717, 1.165) is 17.7 Å². The van der Waals surface area contributed by atoms with Gasteiger partial charge in [0, 0.05) is 12.3 Å². The normalized spacial score (nSPS) is 12.4. The van der Waals surface area contributed by atoms with Gasteiger partial charge in [-0.25, -0.2) is 0 Å². The van der Waals surface area contributed by atoms with E-state index >= 15 is 0 Å². The van der Waals surface area contributed by atoms with Gasteiger partial charge in [0.05, 0.1) is 5.56 Å². The Morgan fingerprint density at radius 2 is 1.46 bits per heavy atom. The Kier molecular flexibility index (Phi) is 6.47. The van der Waals surface area contributed by atoms with E-state index in [1.54, 1.807) is 24.3 Å². The molecule has 3 rings (SSSR count). The summed E-state index contributed by atoms with van der Waals surface area (Å²) in [5.74, 6) is 1.61. The van der Waals surface area contributed by atoms with Crippen molar-refractivity contribution < 1.29 is 22.6 Å². The minimum absolute atomic E-state index is 0.118. The van der Waals surface area contributed by atoms with Gasteiger partial charge in [-0.3, -0.25) is 0 Å². The Bertz CT molecular complexity index is 880. The van der Waals surface area contributed by atoms with Crippen LogP contribution in [0.1, 0.15) is 23.7 Å². The van der Waals surface area contributed by atoms with Crippen molar-refractivity contribution in [3.8, 4) is 17.2 Å². The molecule has 0 N–H and O–H groups in total. The number of benzene rings is 3. The molecular formula is C22H18ClF3O2. The van der Waals surface area contributed by atoms with Gasteiger partial charge in [-0.2, -0.15) is 13.2 Å². The quantitative estimate of drug-likeness (QED) is 0.385. The summed E-state index contributed by atoms with van der Waals surface area (Å²) in [4.78, 5) is 0. The number of alkyl halides is 4. The van der Waals surface area contributed by atoms with E-state index in [1.165, 1.54) is 12.1 Å². The van der Waals surface area contributed by atoms with E-state index in [-0.39, 0.29) is 11.9 Å². The molecular weight excluding hydrogens is 389 g/mol. The fourth-order valence-electron chi connectivity index (χ4n) is 2.68. The molecule has 28 heavy (non-hydrogen) atoms. The van der Waals surface area contributed by atoms with Crippen molar-refractivity contribution in [2.45, 2.75) is 18.7 Å². The Balaban J connectivity index is 1.69. The second-order valence-electron chi connectivity index (χ2n) is 6.09. The van der Waals surface area contributed by atoms with Crippen molar-refractivity contribution >= 4 is 11.6 Å². The Labute approximate surface area is 166 Å². The molecule has 2 nitrogen and oxygen atoms in total. The predicted molar refractivity (Wildman–Crippen MR) is 103 cm³/mol. The molecule has 0 spiro atoms. The molecule has 0 aromatic heterocycles. The smallest absolute Gasteiger partial charge is 0.416 e. The lowest BCUT2D eigenvalue weighted by Gasteiger charge is -2.19. The fraction of sp³-hybridized carbons (Fsp3) is 0.182. The van der Waals surface area contributed by atoms with Gasteiger partial charge in [0.2, 0.25) is 0 Å². The molecule has 1 unspecified atom stereocenters. The number of hydrogen-bond donors (Lipinski definition) is 0. The molecule has 0 aliphatic carbocycles. The van der Waals surface area contributed by atoms with Gasteiger partial charge in [-0.1, -0.05) is 36.4 Å². The molecule has 0 radical (unpaired) electrons. The molecule has 0 amide bonds. The molecule has 0 bridgehead atoms. The van der Waals surface area contributed by atoms with Crippen LogP contribution >= 0.6 is 11.6 Å². The summed E-state index contributed by atoms with van der Waals surface area (Å²) in [6.45, 7) is 0. The molecule has 0 aliphatic rings. The average molecular weight is 407 g/mol. The van der Waals surface area contributed by atoms with Crippen LogP contribution in [0, 0.1) is 0 Å². The van der Waals surface area contributed by atoms with Crippen LogP contribution in [0.3, 0.4) is 0 Å². The molecule has 0 saturated carbocycles. The second-order valence-corrected chi connectivity index (χ2v) is 6.47. The summed E-state index contributed by atoms with van der Waals surface area (Å²) < 4.78 is 50.0. The van der Waals surface area contributed by atoms with Crippen LogP contribution in [0.25, 0.3) is 0 Å². The van der Waals surface area contributed by atoms with Crippen LogP contribution in [-0.4, -0.2) is 5.88 Å². The predicted octanol–water partition coefficient (Wildman–Crippen LogP) is 7.25. The van der Waals surface area contributed by atoms with E-state index in [4.69, 9.17) is 21.1 Å². The first-order chi connectivity index (χ1) is 13.5. The number of hydrogen-bond acceptors (Lipinski definition) is 2. The van der Waals surface area contributed by atoms with Crippen molar-refractivity contribution in [2.75, 3.05) is 5.88 Å². The van der Waals surface area contributed by atoms with Gasteiger partial charge in [-0.05, 0) is 48.0 Å². The monoisotopic (exact) mass is 406 g/mol. The van der Waals surface area contributed by atoms with Crippen molar-refractivity contribution in [1.29, 1.82) is 0 Å². The molecule has 0 saturated heterocycles. The third-order valence-corrected chi connectivity index (χ3v) is 4.26. The van der Waals surface area contributed by atoms with Gasteiger partial charge in [0.25, 0.3) is 0 Å². The van der Waals surface area contributed by atoms with E-state index in [9.17, 15) is 13.2 Å². The van der Waals surface area contributed by atoms with Gasteiger partial charge in [0.1, 0.15) is 23.4 Å². The largest absolute Gasteiger partial charge is 0.486 e. The highest BCUT2D eigenvalue weighted by molar-refractivity contribution is 6.17. The maximum atomic E-state index is 12.8. The number of halogens is 4. The van der Waals surface area contributed by atoms with Crippen LogP contribution in [0.15, 0.2) is 78.9 Å². The molecule has 0 aliphatic heterocycles. The van der Waals surface area contributed by atoms with Crippen molar-refractivity contribution in [3.63, 3.8) is 0 Å². The maximum Gasteiger partial charge on any atom is 0.416 e. The zero-order chi connectivity index (χ0) is 20.0. The molecule has 1 atom stereocenters. The molecule has 6 heteroatoms. The Hall–Kier alpha value is -2.66. The third kappa shape index (κ3) is 5.42. The average Bonchev–Trinajstić information content (AvgIpc) is 2.69. The van der Waals surface area contributed by atoms with E-state index in [0.29, 0.717) is 23.8 Å². The SMILES string of the molecule is FC(F)(F)c1cccc(Oc2ccc(OC(CCCl)c3ccccc3)cc2)c1. The number of rotatable bonds is 7. The lowest BCUT2D eigenvalue weighted by Crippen LogP contribution is -2.08. The minimum Gasteiger partial charge on any atom is -0.486 e. The molecule has 0 fully saturated rings. The molecule has 146 valence electrons. The molecule has 3 aromatic carbocycles. The third-order valence-electron chi connectivity index (χ3n) is 4.04. The zero-order valence-corrected chi connectivity index (χ0v) is 15.6. The highest BCUT2D eigenvalue weighted by Crippen LogP contribution is 2.33. The Morgan fingerprint density at radius 3 is 2.11 bits per heavy atom. The van der Waals surface area contributed by atoms with Crippen LogP contribution in [0.5, 0.6) is 17.2 Å². The van der Waals surface area contributed by atoms with Gasteiger partial charge >= 0.3 is 6.18 Å². The zero-order valence-electron chi connectivity index (χ0n) is 14.8. The summed E-state index contributed by atoms with van der Waals surface area (Å²) in [6.07, 6.45) is -3.95. The van der Waals surface area contributed by atoms with Crippen LogP contribution in [-0.2, 0) is 6.18 Å². The van der Waals surface area contributed by atoms with Gasteiger partial charge in [0.15, 0.2) is 0 Å². The summed E-state index contributed by atoms with van der Waals surface area (Å²) in [5, 5.41) is 0. The summed E-state index contributed by atoms with van der Waals surface area (Å²) in [5.41, 5.74) is 0.268. The lowest BCUT2D eigenvalue weighted by molar-refractivity contribution is -0.137. The van der Waals surface area contributed by atoms with Gasteiger partial charge in [-0.15, -0.1) is 11.6 Å². The topological polar surface area (TPSA) is 18.5 Å². The fourth-order valence-corrected chi connectivity index (χ4v) is 2.88. The highest BCUT2D eigenvalue weighted by atomic mass is 35.5. The summed E-state index contributed by atoms with van der Waals surface area (Å²) in [7, 11) is 0. The Morgan fingerprint density at radius 1 is 0.786 bits per heavy atom.